The van der Waals surface area contributed by atoms with Crippen LogP contribution in [0.4, 0.5) is 4.79 Å². The van der Waals surface area contributed by atoms with Crippen LogP contribution in [0.1, 0.15) is 80.6 Å². The molecule has 0 aliphatic carbocycles. The molecule has 1 spiro atoms. The molecule has 1 radical (unpaired) electrons. The molecular weight excluding hydrogens is 391 g/mol. The van der Waals surface area contributed by atoms with Gasteiger partial charge in [-0.25, -0.2) is 4.79 Å². The van der Waals surface area contributed by atoms with Gasteiger partial charge in [-0.1, -0.05) is 12.1 Å². The summed E-state index contributed by atoms with van der Waals surface area (Å²) < 4.78 is 11.3. The standard InChI is InChI=1S/C24H44BN2O4/c1-21(2,3)30-20(28)27-17-12-24(13-18-27)11-10-16-26(19-24)15-9-8-14-25-31-23(6,7)22(4,5)29/h8,14,29H,9-13,15-19H2,1-7H3. The van der Waals surface area contributed by atoms with Gasteiger partial charge >= 0.3 is 13.6 Å². The highest BCUT2D eigenvalue weighted by Gasteiger charge is 2.40. The van der Waals surface area contributed by atoms with E-state index in [1.807, 2.05) is 45.5 Å². The summed E-state index contributed by atoms with van der Waals surface area (Å²) >= 11 is 0. The lowest BCUT2D eigenvalue weighted by molar-refractivity contribution is -0.0894. The Hall–Kier alpha value is -1.05. The minimum absolute atomic E-state index is 0.175. The van der Waals surface area contributed by atoms with Crippen LogP contribution in [0.2, 0.25) is 0 Å². The molecule has 0 aromatic rings. The molecular formula is C24H44BN2O4. The number of aliphatic hydroxyl groups is 1. The highest BCUT2D eigenvalue weighted by molar-refractivity contribution is 6.34. The Bertz CT molecular complexity index is 614. The molecule has 0 bridgehead atoms. The van der Waals surface area contributed by atoms with Crippen molar-refractivity contribution in [1.29, 1.82) is 0 Å². The maximum Gasteiger partial charge on any atom is 0.410 e. The number of hydrogen-bond acceptors (Lipinski definition) is 5. The largest absolute Gasteiger partial charge is 0.444 e. The van der Waals surface area contributed by atoms with Crippen molar-refractivity contribution in [1.82, 2.24) is 9.80 Å². The maximum atomic E-state index is 12.4. The molecule has 0 saturated carbocycles. The minimum atomic E-state index is -0.904. The molecule has 2 aliphatic rings. The van der Waals surface area contributed by atoms with Gasteiger partial charge < -0.3 is 24.3 Å². The number of hydrogen-bond donors (Lipinski definition) is 1. The normalized spacial score (nSPS) is 21.0. The molecule has 7 heteroatoms. The van der Waals surface area contributed by atoms with Gasteiger partial charge in [-0.05, 0) is 92.5 Å². The summed E-state index contributed by atoms with van der Waals surface area (Å²) in [5.74, 6) is 1.94. The molecule has 2 rings (SSSR count). The molecule has 1 amide bonds. The lowest BCUT2D eigenvalue weighted by Gasteiger charge is -2.47. The first-order valence-corrected chi connectivity index (χ1v) is 11.8. The predicted octanol–water partition coefficient (Wildman–Crippen LogP) is 4.19. The van der Waals surface area contributed by atoms with Gasteiger partial charge in [-0.15, -0.1) is 0 Å². The summed E-state index contributed by atoms with van der Waals surface area (Å²) in [6.45, 7) is 18.0. The summed E-state index contributed by atoms with van der Waals surface area (Å²) in [5.41, 5.74) is -1.64. The van der Waals surface area contributed by atoms with E-state index in [0.717, 1.165) is 52.0 Å². The number of likely N-dealkylation sites (tertiary alicyclic amines) is 2. The Labute approximate surface area is 190 Å². The first-order chi connectivity index (χ1) is 14.2. The summed E-state index contributed by atoms with van der Waals surface area (Å²) in [6, 6.07) is 0. The molecule has 2 fully saturated rings. The first-order valence-electron chi connectivity index (χ1n) is 11.8. The van der Waals surface area contributed by atoms with Gasteiger partial charge in [0.2, 0.25) is 0 Å². The summed E-state index contributed by atoms with van der Waals surface area (Å²) in [7, 11) is 1.68. The fraction of sp³-hybridized carbons (Fsp3) is 0.875. The Morgan fingerprint density at radius 3 is 2.29 bits per heavy atom. The quantitative estimate of drug-likeness (QED) is 0.608. The van der Waals surface area contributed by atoms with Crippen molar-refractivity contribution in [3.63, 3.8) is 0 Å². The Morgan fingerprint density at radius 1 is 1.06 bits per heavy atom. The third-order valence-electron chi connectivity index (χ3n) is 6.88. The smallest absolute Gasteiger partial charge is 0.410 e. The van der Waals surface area contributed by atoms with Gasteiger partial charge in [0.05, 0.1) is 11.2 Å². The average Bonchev–Trinajstić information content (AvgIpc) is 2.63. The zero-order chi connectivity index (χ0) is 23.3. The maximum absolute atomic E-state index is 12.4. The van der Waals surface area contributed by atoms with Crippen LogP contribution < -0.4 is 0 Å². The molecule has 2 aliphatic heterocycles. The minimum Gasteiger partial charge on any atom is -0.444 e. The van der Waals surface area contributed by atoms with E-state index in [1.165, 1.54) is 12.8 Å². The van der Waals surface area contributed by atoms with Crippen molar-refractivity contribution >= 4 is 13.6 Å². The second-order valence-corrected chi connectivity index (χ2v) is 11.4. The van der Waals surface area contributed by atoms with Crippen LogP contribution in [0.3, 0.4) is 0 Å². The lowest BCUT2D eigenvalue weighted by atomic mass is 9.72. The monoisotopic (exact) mass is 435 g/mol. The second kappa shape index (κ2) is 10.3. The third-order valence-corrected chi connectivity index (χ3v) is 6.88. The zero-order valence-corrected chi connectivity index (χ0v) is 20.9. The highest BCUT2D eigenvalue weighted by Crippen LogP contribution is 2.40. The van der Waals surface area contributed by atoms with E-state index in [2.05, 4.69) is 11.0 Å². The van der Waals surface area contributed by atoms with Crippen molar-refractivity contribution in [2.24, 2.45) is 5.41 Å². The van der Waals surface area contributed by atoms with Gasteiger partial charge in [0.1, 0.15) is 5.60 Å². The first kappa shape index (κ1) is 26.2. The van der Waals surface area contributed by atoms with Crippen molar-refractivity contribution in [3.8, 4) is 0 Å². The van der Waals surface area contributed by atoms with Crippen molar-refractivity contribution in [3.05, 3.63) is 12.1 Å². The van der Waals surface area contributed by atoms with Crippen LogP contribution in [0.5, 0.6) is 0 Å². The van der Waals surface area contributed by atoms with E-state index in [4.69, 9.17) is 9.39 Å². The Kier molecular flexibility index (Phi) is 8.68. The van der Waals surface area contributed by atoms with E-state index in [0.29, 0.717) is 5.41 Å². The van der Waals surface area contributed by atoms with Crippen LogP contribution >= 0.6 is 0 Å². The number of ether oxygens (including phenoxy) is 1. The van der Waals surface area contributed by atoms with Crippen LogP contribution in [0.15, 0.2) is 12.1 Å². The lowest BCUT2D eigenvalue weighted by Crippen LogP contribution is -2.51. The van der Waals surface area contributed by atoms with Gasteiger partial charge in [-0.2, -0.15) is 0 Å². The number of amides is 1. The second-order valence-electron chi connectivity index (χ2n) is 11.4. The fourth-order valence-corrected chi connectivity index (χ4v) is 4.16. The van der Waals surface area contributed by atoms with E-state index in [-0.39, 0.29) is 6.09 Å². The van der Waals surface area contributed by atoms with E-state index >= 15 is 0 Å². The van der Waals surface area contributed by atoms with Gasteiger partial charge in [-0.3, -0.25) is 0 Å². The molecule has 177 valence electrons. The topological polar surface area (TPSA) is 62.2 Å². The number of carbonyl (C=O) groups excluding carboxylic acids is 1. The predicted molar refractivity (Wildman–Crippen MR) is 126 cm³/mol. The highest BCUT2D eigenvalue weighted by atomic mass is 16.6. The fourth-order valence-electron chi connectivity index (χ4n) is 4.16. The summed E-state index contributed by atoms with van der Waals surface area (Å²) in [4.78, 5) is 16.8. The number of rotatable bonds is 7. The summed E-state index contributed by atoms with van der Waals surface area (Å²) in [5, 5.41) is 10.1. The van der Waals surface area contributed by atoms with E-state index in [9.17, 15) is 9.90 Å². The van der Waals surface area contributed by atoms with Crippen molar-refractivity contribution in [2.75, 3.05) is 32.7 Å². The molecule has 2 saturated heterocycles. The molecule has 31 heavy (non-hydrogen) atoms. The molecule has 6 nitrogen and oxygen atoms in total. The number of piperidine rings is 2. The van der Waals surface area contributed by atoms with Gasteiger partial charge in [0.15, 0.2) is 0 Å². The molecule has 1 N–H and O–H groups in total. The van der Waals surface area contributed by atoms with Crippen LogP contribution in [-0.2, 0) is 9.39 Å². The summed E-state index contributed by atoms with van der Waals surface area (Å²) in [6.07, 6.45) is 7.54. The SMILES string of the molecule is CC(C)(C)OC(=O)N1CCC2(CCCN(CCC=C[B]OC(C)(C)C(C)(C)O)C2)CC1. The van der Waals surface area contributed by atoms with Gasteiger partial charge in [0, 0.05) is 26.2 Å². The molecule has 0 unspecified atom stereocenters. The third kappa shape index (κ3) is 8.10. The Balaban J connectivity index is 1.72. The van der Waals surface area contributed by atoms with E-state index < -0.39 is 16.8 Å². The zero-order valence-electron chi connectivity index (χ0n) is 20.9. The van der Waals surface area contributed by atoms with Gasteiger partial charge in [0.25, 0.3) is 0 Å². The average molecular weight is 435 g/mol. The molecule has 0 aromatic carbocycles. The van der Waals surface area contributed by atoms with Crippen LogP contribution in [0, 0.1) is 5.41 Å². The van der Waals surface area contributed by atoms with Crippen molar-refractivity contribution < 1.29 is 19.3 Å². The van der Waals surface area contributed by atoms with E-state index in [1.54, 1.807) is 21.3 Å². The Morgan fingerprint density at radius 2 is 1.71 bits per heavy atom. The molecule has 0 atom stereocenters. The molecule has 2 heterocycles. The van der Waals surface area contributed by atoms with Crippen LogP contribution in [0.25, 0.3) is 0 Å². The van der Waals surface area contributed by atoms with Crippen molar-refractivity contribution in [2.45, 2.75) is 97.4 Å². The van der Waals surface area contributed by atoms with Crippen LogP contribution in [-0.4, -0.2) is 78.0 Å². The number of carbonyl (C=O) groups is 1. The molecule has 0 aromatic heterocycles. The number of nitrogens with zero attached hydrogens (tertiary/aromatic N) is 2.